The van der Waals surface area contributed by atoms with Gasteiger partial charge in [0.15, 0.2) is 0 Å². The highest BCUT2D eigenvalue weighted by atomic mass is 16.2. The fraction of sp³-hybridized carbons (Fsp3) is 0.391. The molecule has 1 heterocycles. The molecular weight excluding hydrogens is 336 g/mol. The molecule has 2 aromatic rings. The van der Waals surface area contributed by atoms with Crippen LogP contribution in [0.2, 0.25) is 0 Å². The highest BCUT2D eigenvalue weighted by Gasteiger charge is 2.66. The largest absolute Gasteiger partial charge is 0.340 e. The predicted molar refractivity (Wildman–Crippen MR) is 101 cm³/mol. The summed E-state index contributed by atoms with van der Waals surface area (Å²) in [6.07, 6.45) is 2.17. The zero-order valence-electron chi connectivity index (χ0n) is 15.3. The number of rotatable bonds is 5. The number of carbonyl (C=O) groups excluding carboxylic acids is 2. The fourth-order valence-corrected chi connectivity index (χ4v) is 5.76. The van der Waals surface area contributed by atoms with Gasteiger partial charge in [-0.1, -0.05) is 60.7 Å². The van der Waals surface area contributed by atoms with Crippen LogP contribution in [0.15, 0.2) is 60.7 Å². The second-order valence-electron chi connectivity index (χ2n) is 8.21. The van der Waals surface area contributed by atoms with Crippen molar-refractivity contribution < 1.29 is 14.9 Å². The number of hydrogen-bond acceptors (Lipinski definition) is 2. The van der Waals surface area contributed by atoms with Gasteiger partial charge in [0.1, 0.15) is 6.54 Å². The van der Waals surface area contributed by atoms with Crippen LogP contribution in [-0.2, 0) is 22.7 Å². The van der Waals surface area contributed by atoms with Crippen LogP contribution in [0.5, 0.6) is 0 Å². The maximum Gasteiger partial charge on any atom is 0.233 e. The van der Waals surface area contributed by atoms with E-state index in [1.807, 2.05) is 36.4 Å². The average molecular weight is 361 g/mol. The van der Waals surface area contributed by atoms with Crippen molar-refractivity contribution in [1.82, 2.24) is 4.90 Å². The maximum absolute atomic E-state index is 13.1. The zero-order valence-corrected chi connectivity index (χ0v) is 15.3. The van der Waals surface area contributed by atoms with Crippen molar-refractivity contribution in [1.29, 1.82) is 0 Å². The smallest absolute Gasteiger partial charge is 0.233 e. The van der Waals surface area contributed by atoms with Gasteiger partial charge in [-0.05, 0) is 18.4 Å². The molecule has 2 aromatic carbocycles. The van der Waals surface area contributed by atoms with E-state index in [4.69, 9.17) is 0 Å². The molecule has 2 amide bonds. The molecule has 4 heteroatoms. The van der Waals surface area contributed by atoms with Gasteiger partial charge in [0, 0.05) is 17.4 Å². The first-order valence-corrected chi connectivity index (χ1v) is 10.0. The first kappa shape index (κ1) is 16.7. The summed E-state index contributed by atoms with van der Waals surface area (Å²) in [5.41, 5.74) is 2.33. The number of benzene rings is 2. The van der Waals surface area contributed by atoms with Gasteiger partial charge in [0.2, 0.25) is 11.8 Å². The fourth-order valence-electron chi connectivity index (χ4n) is 5.76. The minimum Gasteiger partial charge on any atom is -0.340 e. The minimum atomic E-state index is -0.0861. The van der Waals surface area contributed by atoms with Gasteiger partial charge in [-0.15, -0.1) is 0 Å². The Morgan fingerprint density at radius 2 is 1.30 bits per heavy atom. The number of nitrogens with zero attached hydrogens (tertiary/aromatic N) is 1. The van der Waals surface area contributed by atoms with Gasteiger partial charge in [-0.2, -0.15) is 0 Å². The standard InChI is InChI=1S/C23H24N2O2/c26-22-19-17-11-12-18(21(17)24-13-15-7-3-1-4-8-15)20(19)23(27)25(22)14-16-9-5-2-6-10-16/h1-10,17-21,24H,11-14H2/p+1/t17-,18-,19+,20+/m0/s1. The van der Waals surface area contributed by atoms with Crippen molar-refractivity contribution in [2.45, 2.75) is 32.0 Å². The lowest BCUT2D eigenvalue weighted by molar-refractivity contribution is -0.711. The number of fused-ring (bicyclic) bond motifs is 5. The van der Waals surface area contributed by atoms with Gasteiger partial charge in [-0.3, -0.25) is 14.5 Å². The Hall–Kier alpha value is -2.46. The Bertz CT molecular complexity index is 821. The normalized spacial score (nSPS) is 31.6. The maximum atomic E-state index is 13.1. The average Bonchev–Trinajstić information content (AvgIpc) is 3.33. The molecule has 1 saturated heterocycles. The molecule has 0 spiro atoms. The van der Waals surface area contributed by atoms with Crippen molar-refractivity contribution in [2.24, 2.45) is 23.7 Å². The monoisotopic (exact) mass is 361 g/mol. The van der Waals surface area contributed by atoms with Gasteiger partial charge in [0.25, 0.3) is 0 Å². The number of nitrogens with two attached hydrogens (primary N) is 1. The Kier molecular flexibility index (Phi) is 4.09. The van der Waals surface area contributed by atoms with Crippen molar-refractivity contribution >= 4 is 11.8 Å². The highest BCUT2D eigenvalue weighted by molar-refractivity contribution is 6.06. The van der Waals surface area contributed by atoms with Crippen molar-refractivity contribution in [3.8, 4) is 0 Å². The molecule has 4 nitrogen and oxygen atoms in total. The molecule has 27 heavy (non-hydrogen) atoms. The minimum absolute atomic E-state index is 0.0687. The number of likely N-dealkylation sites (tertiary alicyclic amines) is 1. The van der Waals surface area contributed by atoms with Crippen molar-refractivity contribution in [3.63, 3.8) is 0 Å². The molecule has 2 aliphatic carbocycles. The predicted octanol–water partition coefficient (Wildman–Crippen LogP) is 1.96. The summed E-state index contributed by atoms with van der Waals surface area (Å²) in [5, 5.41) is 2.39. The molecule has 0 unspecified atom stereocenters. The third-order valence-electron chi connectivity index (χ3n) is 6.89. The van der Waals surface area contributed by atoms with Crippen LogP contribution in [0.25, 0.3) is 0 Å². The molecular formula is C23H25N2O2+. The molecule has 2 saturated carbocycles. The topological polar surface area (TPSA) is 54.0 Å². The molecule has 138 valence electrons. The quantitative estimate of drug-likeness (QED) is 0.828. The van der Waals surface area contributed by atoms with E-state index in [9.17, 15) is 9.59 Å². The van der Waals surface area contributed by atoms with E-state index in [0.717, 1.165) is 24.9 Å². The van der Waals surface area contributed by atoms with E-state index in [0.29, 0.717) is 24.4 Å². The summed E-state index contributed by atoms with van der Waals surface area (Å²) in [7, 11) is 0. The first-order valence-electron chi connectivity index (χ1n) is 10.0. The zero-order chi connectivity index (χ0) is 18.4. The molecule has 2 bridgehead atoms. The van der Waals surface area contributed by atoms with Crippen LogP contribution in [0, 0.1) is 23.7 Å². The van der Waals surface area contributed by atoms with E-state index in [1.54, 1.807) is 0 Å². The van der Waals surface area contributed by atoms with E-state index in [-0.39, 0.29) is 23.7 Å². The lowest BCUT2D eigenvalue weighted by Gasteiger charge is -2.21. The third-order valence-corrected chi connectivity index (χ3v) is 6.89. The van der Waals surface area contributed by atoms with Gasteiger partial charge in [0.05, 0.1) is 24.4 Å². The van der Waals surface area contributed by atoms with Crippen molar-refractivity contribution in [3.05, 3.63) is 71.8 Å². The molecule has 4 atom stereocenters. The van der Waals surface area contributed by atoms with Crippen LogP contribution < -0.4 is 5.32 Å². The summed E-state index contributed by atoms with van der Waals surface area (Å²) in [5.74, 6) is 0.661. The van der Waals surface area contributed by atoms with Gasteiger partial charge < -0.3 is 5.32 Å². The van der Waals surface area contributed by atoms with Crippen molar-refractivity contribution in [2.75, 3.05) is 0 Å². The Balaban J connectivity index is 1.32. The number of imide groups is 1. The number of hydrogen-bond donors (Lipinski definition) is 1. The number of carbonyl (C=O) groups is 2. The van der Waals surface area contributed by atoms with Crippen LogP contribution in [-0.4, -0.2) is 22.8 Å². The number of quaternary nitrogens is 1. The van der Waals surface area contributed by atoms with Gasteiger partial charge >= 0.3 is 0 Å². The summed E-state index contributed by atoms with van der Waals surface area (Å²) >= 11 is 0. The summed E-state index contributed by atoms with van der Waals surface area (Å²) in [4.78, 5) is 27.7. The van der Waals surface area contributed by atoms with E-state index in [2.05, 4.69) is 29.6 Å². The van der Waals surface area contributed by atoms with E-state index in [1.165, 1.54) is 10.5 Å². The van der Waals surface area contributed by atoms with Gasteiger partial charge in [-0.25, -0.2) is 0 Å². The second kappa shape index (κ2) is 6.61. The summed E-state index contributed by atoms with van der Waals surface area (Å²) in [6.45, 7) is 1.34. The van der Waals surface area contributed by atoms with E-state index < -0.39 is 0 Å². The molecule has 5 rings (SSSR count). The molecule has 3 aliphatic rings. The SMILES string of the molecule is O=C1[C@H]2[C@H](C(=O)N1Cc1ccccc1)[C@@H]1CC[C@@H]2C1[NH2+]Cc1ccccc1. The lowest BCUT2D eigenvalue weighted by Crippen LogP contribution is -2.90. The van der Waals surface area contributed by atoms with Crippen LogP contribution in [0.3, 0.4) is 0 Å². The Labute approximate surface area is 159 Å². The Morgan fingerprint density at radius 1 is 0.778 bits per heavy atom. The first-order chi connectivity index (χ1) is 13.2. The van der Waals surface area contributed by atoms with Crippen LogP contribution >= 0.6 is 0 Å². The molecule has 3 fully saturated rings. The molecule has 1 aliphatic heterocycles. The number of amides is 2. The summed E-state index contributed by atoms with van der Waals surface area (Å²) in [6, 6.07) is 20.7. The van der Waals surface area contributed by atoms with E-state index >= 15 is 0 Å². The Morgan fingerprint density at radius 3 is 1.85 bits per heavy atom. The third kappa shape index (κ3) is 2.71. The van der Waals surface area contributed by atoms with Crippen LogP contribution in [0.4, 0.5) is 0 Å². The molecule has 0 radical (unpaired) electrons. The highest BCUT2D eigenvalue weighted by Crippen LogP contribution is 2.55. The van der Waals surface area contributed by atoms with Crippen LogP contribution in [0.1, 0.15) is 24.0 Å². The molecule has 0 aromatic heterocycles. The lowest BCUT2D eigenvalue weighted by atomic mass is 9.81. The molecule has 2 N–H and O–H groups in total. The second-order valence-corrected chi connectivity index (χ2v) is 8.21. The summed E-state index contributed by atoms with van der Waals surface area (Å²) < 4.78 is 0.